The van der Waals surface area contributed by atoms with Crippen LogP contribution in [-0.2, 0) is 4.74 Å². The van der Waals surface area contributed by atoms with Gasteiger partial charge in [0.25, 0.3) is 5.91 Å². The first kappa shape index (κ1) is 21.3. The summed E-state index contributed by atoms with van der Waals surface area (Å²) in [6.07, 6.45) is 1.57. The maximum absolute atomic E-state index is 12.9. The predicted octanol–water partition coefficient (Wildman–Crippen LogP) is 4.41. The minimum atomic E-state index is -0.480. The van der Waals surface area contributed by atoms with E-state index in [9.17, 15) is 9.59 Å². The molecule has 1 heterocycles. The molecule has 2 rings (SSSR count). The zero-order valence-electron chi connectivity index (χ0n) is 17.7. The summed E-state index contributed by atoms with van der Waals surface area (Å²) in [6, 6.07) is 5.90. The van der Waals surface area contributed by atoms with Crippen molar-refractivity contribution >= 4 is 12.0 Å². The van der Waals surface area contributed by atoms with Crippen molar-refractivity contribution in [3.8, 4) is 0 Å². The Morgan fingerprint density at radius 2 is 1.81 bits per heavy atom. The molecule has 0 unspecified atom stereocenters. The number of carbonyl (C=O) groups excluding carboxylic acids is 2. The largest absolute Gasteiger partial charge is 0.444 e. The van der Waals surface area contributed by atoms with Crippen molar-refractivity contribution in [2.75, 3.05) is 26.2 Å². The van der Waals surface area contributed by atoms with Crippen LogP contribution in [0.2, 0.25) is 0 Å². The summed E-state index contributed by atoms with van der Waals surface area (Å²) < 4.78 is 5.50. The van der Waals surface area contributed by atoms with Gasteiger partial charge >= 0.3 is 6.09 Å². The molecule has 0 aliphatic carbocycles. The highest BCUT2D eigenvalue weighted by Crippen LogP contribution is 2.23. The highest BCUT2D eigenvalue weighted by atomic mass is 16.6. The molecule has 1 aromatic carbocycles. The molecule has 1 aliphatic heterocycles. The Morgan fingerprint density at radius 3 is 2.37 bits per heavy atom. The first-order valence-electron chi connectivity index (χ1n) is 9.95. The molecule has 1 aliphatic rings. The molecule has 0 radical (unpaired) electrons. The lowest BCUT2D eigenvalue weighted by molar-refractivity contribution is 0.0202. The lowest BCUT2D eigenvalue weighted by Crippen LogP contribution is -2.44. The van der Waals surface area contributed by atoms with Gasteiger partial charge in [-0.05, 0) is 77.5 Å². The van der Waals surface area contributed by atoms with Crippen molar-refractivity contribution in [1.82, 2.24) is 9.80 Å². The van der Waals surface area contributed by atoms with Gasteiger partial charge in [-0.15, -0.1) is 0 Å². The Hall–Kier alpha value is -2.04. The molecule has 1 saturated heterocycles. The van der Waals surface area contributed by atoms with E-state index in [0.717, 1.165) is 42.6 Å². The van der Waals surface area contributed by atoms with Gasteiger partial charge in [-0.3, -0.25) is 4.79 Å². The van der Waals surface area contributed by atoms with Crippen LogP contribution in [0.1, 0.15) is 62.0 Å². The van der Waals surface area contributed by atoms with Crippen molar-refractivity contribution in [3.63, 3.8) is 0 Å². The molecule has 0 N–H and O–H groups in total. The van der Waals surface area contributed by atoms with Gasteiger partial charge in [-0.1, -0.05) is 12.1 Å². The highest BCUT2D eigenvalue weighted by Gasteiger charge is 2.28. The van der Waals surface area contributed by atoms with Crippen LogP contribution in [0.15, 0.2) is 18.2 Å². The number of nitrogens with zero attached hydrogens (tertiary/aromatic N) is 2. The Labute approximate surface area is 163 Å². The first-order chi connectivity index (χ1) is 12.6. The van der Waals surface area contributed by atoms with Crippen LogP contribution < -0.4 is 0 Å². The summed E-state index contributed by atoms with van der Waals surface area (Å²) in [5.74, 6) is 0.522. The molecule has 1 fully saturated rings. The Bertz CT molecular complexity index is 671. The maximum Gasteiger partial charge on any atom is 0.410 e. The van der Waals surface area contributed by atoms with Crippen LogP contribution in [0.5, 0.6) is 0 Å². The number of hydrogen-bond acceptors (Lipinski definition) is 3. The Kier molecular flexibility index (Phi) is 6.90. The number of amides is 2. The van der Waals surface area contributed by atoms with Gasteiger partial charge in [-0.25, -0.2) is 4.79 Å². The van der Waals surface area contributed by atoms with Crippen LogP contribution >= 0.6 is 0 Å². The Balaban J connectivity index is 1.91. The summed E-state index contributed by atoms with van der Waals surface area (Å²) in [7, 11) is 0. The number of ether oxygens (including phenoxy) is 1. The number of likely N-dealkylation sites (tertiary alicyclic amines) is 1. The molecule has 0 bridgehead atoms. The summed E-state index contributed by atoms with van der Waals surface area (Å²) in [5.41, 5.74) is 2.53. The van der Waals surface area contributed by atoms with E-state index in [0.29, 0.717) is 19.0 Å². The lowest BCUT2D eigenvalue weighted by Gasteiger charge is -2.35. The van der Waals surface area contributed by atoms with Crippen LogP contribution in [-0.4, -0.2) is 53.6 Å². The molecular weight excluding hydrogens is 340 g/mol. The zero-order valence-corrected chi connectivity index (χ0v) is 17.7. The molecule has 2 amide bonds. The second kappa shape index (κ2) is 8.77. The molecule has 0 saturated carbocycles. The number of piperidine rings is 1. The van der Waals surface area contributed by atoms with Crippen LogP contribution in [0.3, 0.4) is 0 Å². The van der Waals surface area contributed by atoms with Crippen LogP contribution in [0.4, 0.5) is 4.79 Å². The van der Waals surface area contributed by atoms with Gasteiger partial charge in [-0.2, -0.15) is 0 Å². The molecule has 5 heteroatoms. The van der Waals surface area contributed by atoms with Gasteiger partial charge in [0.2, 0.25) is 0 Å². The maximum atomic E-state index is 12.9. The normalized spacial score (nSPS) is 15.6. The van der Waals surface area contributed by atoms with E-state index in [2.05, 4.69) is 0 Å². The van der Waals surface area contributed by atoms with Gasteiger partial charge in [0.05, 0.1) is 0 Å². The average Bonchev–Trinajstić information content (AvgIpc) is 2.60. The summed E-state index contributed by atoms with van der Waals surface area (Å²) in [4.78, 5) is 28.9. The number of rotatable bonds is 4. The second-order valence-corrected chi connectivity index (χ2v) is 8.50. The third kappa shape index (κ3) is 5.72. The van der Waals surface area contributed by atoms with Gasteiger partial charge in [0.15, 0.2) is 0 Å². The minimum Gasteiger partial charge on any atom is -0.444 e. The SMILES string of the molecule is CCN(CC1CCN(C(=O)c2cccc(C)c2C)CC1)C(=O)OC(C)(C)C. The Morgan fingerprint density at radius 1 is 1.19 bits per heavy atom. The summed E-state index contributed by atoms with van der Waals surface area (Å²) in [6.45, 7) is 14.5. The molecule has 150 valence electrons. The zero-order chi connectivity index (χ0) is 20.2. The lowest BCUT2D eigenvalue weighted by atomic mass is 9.95. The van der Waals surface area contributed by atoms with Gasteiger partial charge in [0, 0.05) is 31.7 Å². The van der Waals surface area contributed by atoms with E-state index in [-0.39, 0.29) is 12.0 Å². The topological polar surface area (TPSA) is 49.9 Å². The fourth-order valence-electron chi connectivity index (χ4n) is 3.44. The monoisotopic (exact) mass is 374 g/mol. The highest BCUT2D eigenvalue weighted by molar-refractivity contribution is 5.96. The summed E-state index contributed by atoms with van der Waals surface area (Å²) in [5, 5.41) is 0. The van der Waals surface area contributed by atoms with Crippen molar-refractivity contribution in [3.05, 3.63) is 34.9 Å². The van der Waals surface area contributed by atoms with Crippen molar-refractivity contribution < 1.29 is 14.3 Å². The summed E-state index contributed by atoms with van der Waals surface area (Å²) >= 11 is 0. The van der Waals surface area contributed by atoms with E-state index in [1.165, 1.54) is 0 Å². The molecule has 5 nitrogen and oxygen atoms in total. The van der Waals surface area contributed by atoms with E-state index >= 15 is 0 Å². The van der Waals surface area contributed by atoms with Crippen molar-refractivity contribution in [2.24, 2.45) is 5.92 Å². The molecule has 27 heavy (non-hydrogen) atoms. The minimum absolute atomic E-state index is 0.120. The predicted molar refractivity (Wildman–Crippen MR) is 108 cm³/mol. The van der Waals surface area contributed by atoms with E-state index < -0.39 is 5.60 Å². The quantitative estimate of drug-likeness (QED) is 0.784. The standard InChI is InChI=1S/C22H34N2O3/c1-7-23(21(26)27-22(4,5)6)15-18-11-13-24(14-12-18)20(25)19-10-8-9-16(2)17(19)3/h8-10,18H,7,11-15H2,1-6H3. The second-order valence-electron chi connectivity index (χ2n) is 8.50. The smallest absolute Gasteiger partial charge is 0.410 e. The van der Waals surface area contributed by atoms with Crippen molar-refractivity contribution in [1.29, 1.82) is 0 Å². The molecule has 0 aromatic heterocycles. The van der Waals surface area contributed by atoms with E-state index in [1.807, 2.05) is 64.6 Å². The first-order valence-corrected chi connectivity index (χ1v) is 9.95. The van der Waals surface area contributed by atoms with Crippen molar-refractivity contribution in [2.45, 2.75) is 60.0 Å². The number of benzene rings is 1. The van der Waals surface area contributed by atoms with Gasteiger partial charge in [0.1, 0.15) is 5.60 Å². The van der Waals surface area contributed by atoms with E-state index in [4.69, 9.17) is 4.74 Å². The number of carbonyl (C=O) groups is 2. The van der Waals surface area contributed by atoms with Crippen LogP contribution in [0, 0.1) is 19.8 Å². The third-order valence-electron chi connectivity index (χ3n) is 5.25. The molecule has 0 atom stereocenters. The molecule has 0 spiro atoms. The third-order valence-corrected chi connectivity index (χ3v) is 5.25. The van der Waals surface area contributed by atoms with E-state index in [1.54, 1.807) is 4.90 Å². The fourth-order valence-corrected chi connectivity index (χ4v) is 3.44. The molecular formula is C22H34N2O3. The number of hydrogen-bond donors (Lipinski definition) is 0. The number of aryl methyl sites for hydroxylation is 1. The average molecular weight is 375 g/mol. The van der Waals surface area contributed by atoms with Crippen LogP contribution in [0.25, 0.3) is 0 Å². The molecule has 1 aromatic rings. The van der Waals surface area contributed by atoms with Gasteiger partial charge < -0.3 is 14.5 Å². The fraction of sp³-hybridized carbons (Fsp3) is 0.636.